The molecule has 0 bridgehead atoms. The molecule has 2 aliphatic rings. The van der Waals surface area contributed by atoms with Crippen molar-refractivity contribution in [2.75, 3.05) is 6.54 Å². The van der Waals surface area contributed by atoms with E-state index in [1.807, 2.05) is 6.92 Å². The zero-order valence-electron chi connectivity index (χ0n) is 9.43. The number of alkyl halides is 3. The fourth-order valence-electron chi connectivity index (χ4n) is 2.68. The Morgan fingerprint density at radius 2 is 2.00 bits per heavy atom. The van der Waals surface area contributed by atoms with Gasteiger partial charge in [-0.1, -0.05) is 0 Å². The van der Waals surface area contributed by atoms with Crippen LogP contribution in [0.1, 0.15) is 39.0 Å². The quantitative estimate of drug-likeness (QED) is 0.814. The van der Waals surface area contributed by atoms with E-state index in [0.29, 0.717) is 19.0 Å². The first kappa shape index (κ1) is 12.2. The van der Waals surface area contributed by atoms with Gasteiger partial charge in [-0.2, -0.15) is 13.2 Å². The first-order chi connectivity index (χ1) is 7.29. The van der Waals surface area contributed by atoms with E-state index in [4.69, 9.17) is 0 Å². The third-order valence-corrected chi connectivity index (χ3v) is 3.61. The molecule has 2 atom stereocenters. The number of likely N-dealkylation sites (tertiary alicyclic amines) is 1. The molecule has 2 nitrogen and oxygen atoms in total. The zero-order valence-corrected chi connectivity index (χ0v) is 9.43. The van der Waals surface area contributed by atoms with Crippen LogP contribution in [-0.2, 0) is 0 Å². The van der Waals surface area contributed by atoms with E-state index in [-0.39, 0.29) is 12.5 Å². The maximum atomic E-state index is 12.1. The van der Waals surface area contributed by atoms with E-state index < -0.39 is 18.2 Å². The highest BCUT2D eigenvalue weighted by Crippen LogP contribution is 2.40. The van der Waals surface area contributed by atoms with Gasteiger partial charge in [-0.3, -0.25) is 4.90 Å². The van der Waals surface area contributed by atoms with Gasteiger partial charge < -0.3 is 5.11 Å². The SMILES string of the molecule is CC1CC(O)(CCC(F)(F)F)CN1C1CC1. The van der Waals surface area contributed by atoms with Crippen molar-refractivity contribution in [1.82, 2.24) is 4.90 Å². The summed E-state index contributed by atoms with van der Waals surface area (Å²) in [5.74, 6) is 0. The molecule has 2 unspecified atom stereocenters. The van der Waals surface area contributed by atoms with E-state index in [2.05, 4.69) is 4.90 Å². The molecule has 1 aliphatic heterocycles. The van der Waals surface area contributed by atoms with E-state index in [1.165, 1.54) is 0 Å². The lowest BCUT2D eigenvalue weighted by atomic mass is 9.95. The van der Waals surface area contributed by atoms with Crippen molar-refractivity contribution in [2.45, 2.75) is 62.9 Å². The van der Waals surface area contributed by atoms with Crippen LogP contribution in [-0.4, -0.2) is 40.4 Å². The second-order valence-corrected chi connectivity index (χ2v) is 5.30. The molecule has 0 aromatic heterocycles. The predicted octanol–water partition coefficient (Wildman–Crippen LogP) is 2.32. The van der Waals surface area contributed by atoms with Gasteiger partial charge in [0.15, 0.2) is 0 Å². The van der Waals surface area contributed by atoms with Crippen molar-refractivity contribution < 1.29 is 18.3 Å². The van der Waals surface area contributed by atoms with Gasteiger partial charge >= 0.3 is 6.18 Å². The Bertz CT molecular complexity index is 264. The average Bonchev–Trinajstić information content (AvgIpc) is 2.90. The summed E-state index contributed by atoms with van der Waals surface area (Å²) in [5, 5.41) is 10.1. The highest BCUT2D eigenvalue weighted by molar-refractivity contribution is 5.00. The Hall–Kier alpha value is -0.290. The number of hydrogen-bond acceptors (Lipinski definition) is 2. The van der Waals surface area contributed by atoms with Gasteiger partial charge in [0.1, 0.15) is 0 Å². The molecule has 16 heavy (non-hydrogen) atoms. The summed E-state index contributed by atoms with van der Waals surface area (Å²) >= 11 is 0. The summed E-state index contributed by atoms with van der Waals surface area (Å²) in [5.41, 5.74) is -1.13. The third kappa shape index (κ3) is 2.88. The van der Waals surface area contributed by atoms with Gasteiger partial charge in [0.2, 0.25) is 0 Å². The van der Waals surface area contributed by atoms with Crippen LogP contribution in [0.25, 0.3) is 0 Å². The van der Waals surface area contributed by atoms with Crippen LogP contribution < -0.4 is 0 Å². The lowest BCUT2D eigenvalue weighted by Gasteiger charge is -2.24. The molecule has 1 aliphatic carbocycles. The molecule has 1 heterocycles. The Morgan fingerprint density at radius 3 is 2.50 bits per heavy atom. The number of aliphatic hydroxyl groups is 1. The molecule has 94 valence electrons. The normalized spacial score (nSPS) is 36.9. The molecule has 1 saturated carbocycles. The number of halogens is 3. The van der Waals surface area contributed by atoms with Crippen LogP contribution >= 0.6 is 0 Å². The fraction of sp³-hybridized carbons (Fsp3) is 1.00. The minimum absolute atomic E-state index is 0.163. The van der Waals surface area contributed by atoms with Crippen LogP contribution in [0.2, 0.25) is 0 Å². The zero-order chi connectivity index (χ0) is 12.0. The molecule has 2 fully saturated rings. The highest BCUT2D eigenvalue weighted by Gasteiger charge is 2.47. The molecule has 0 aromatic carbocycles. The predicted molar refractivity (Wildman–Crippen MR) is 54.0 cm³/mol. The lowest BCUT2D eigenvalue weighted by Crippen LogP contribution is -2.35. The van der Waals surface area contributed by atoms with Gasteiger partial charge in [0.25, 0.3) is 0 Å². The maximum Gasteiger partial charge on any atom is 0.389 e. The summed E-state index contributed by atoms with van der Waals surface area (Å²) in [7, 11) is 0. The topological polar surface area (TPSA) is 23.5 Å². The molecule has 0 radical (unpaired) electrons. The van der Waals surface area contributed by atoms with Crippen molar-refractivity contribution >= 4 is 0 Å². The number of hydrogen-bond donors (Lipinski definition) is 1. The standard InChI is InChI=1S/C11H18F3NO/c1-8-6-10(16,4-5-11(12,13)14)7-15(8)9-2-3-9/h8-9,16H,2-7H2,1H3. The second-order valence-electron chi connectivity index (χ2n) is 5.30. The molecule has 1 saturated heterocycles. The summed E-state index contributed by atoms with van der Waals surface area (Å²) in [6, 6.07) is 0.723. The molecule has 5 heteroatoms. The van der Waals surface area contributed by atoms with E-state index >= 15 is 0 Å². The van der Waals surface area contributed by atoms with Crippen molar-refractivity contribution in [3.05, 3.63) is 0 Å². The smallest absolute Gasteiger partial charge is 0.388 e. The van der Waals surface area contributed by atoms with Gasteiger partial charge in [-0.25, -0.2) is 0 Å². The molecular weight excluding hydrogens is 219 g/mol. The number of β-amino-alcohol motifs (C(OH)–C–C–N with tert-alkyl or cyclic N) is 1. The van der Waals surface area contributed by atoms with Crippen LogP contribution in [0.5, 0.6) is 0 Å². The lowest BCUT2D eigenvalue weighted by molar-refractivity contribution is -0.145. The van der Waals surface area contributed by atoms with Crippen molar-refractivity contribution in [3.63, 3.8) is 0 Å². The molecule has 2 rings (SSSR count). The van der Waals surface area contributed by atoms with Crippen molar-refractivity contribution in [1.29, 1.82) is 0 Å². The van der Waals surface area contributed by atoms with Crippen LogP contribution in [0.4, 0.5) is 13.2 Å². The Morgan fingerprint density at radius 1 is 1.38 bits per heavy atom. The third-order valence-electron chi connectivity index (χ3n) is 3.61. The Balaban J connectivity index is 1.88. The number of rotatable bonds is 3. The first-order valence-electron chi connectivity index (χ1n) is 5.84. The maximum absolute atomic E-state index is 12.1. The monoisotopic (exact) mass is 237 g/mol. The van der Waals surface area contributed by atoms with E-state index in [9.17, 15) is 18.3 Å². The summed E-state index contributed by atoms with van der Waals surface area (Å²) in [6.07, 6.45) is -2.48. The molecule has 1 N–H and O–H groups in total. The van der Waals surface area contributed by atoms with Gasteiger partial charge in [-0.05, 0) is 32.6 Å². The van der Waals surface area contributed by atoms with Crippen LogP contribution in [0, 0.1) is 0 Å². The summed E-state index contributed by atoms with van der Waals surface area (Å²) in [4.78, 5) is 2.16. The Kier molecular flexibility index (Phi) is 2.95. The van der Waals surface area contributed by atoms with Gasteiger partial charge in [0.05, 0.1) is 5.60 Å². The van der Waals surface area contributed by atoms with Gasteiger partial charge in [-0.15, -0.1) is 0 Å². The second kappa shape index (κ2) is 3.88. The summed E-state index contributed by atoms with van der Waals surface area (Å²) < 4.78 is 36.4. The van der Waals surface area contributed by atoms with Crippen molar-refractivity contribution in [2.24, 2.45) is 0 Å². The largest absolute Gasteiger partial charge is 0.389 e. The molecule has 0 aromatic rings. The first-order valence-corrected chi connectivity index (χ1v) is 5.84. The average molecular weight is 237 g/mol. The van der Waals surface area contributed by atoms with Crippen molar-refractivity contribution in [3.8, 4) is 0 Å². The molecule has 0 amide bonds. The number of nitrogens with zero attached hydrogens (tertiary/aromatic N) is 1. The fourth-order valence-corrected chi connectivity index (χ4v) is 2.68. The van der Waals surface area contributed by atoms with Crippen LogP contribution in [0.15, 0.2) is 0 Å². The van der Waals surface area contributed by atoms with Gasteiger partial charge in [0, 0.05) is 25.0 Å². The van der Waals surface area contributed by atoms with E-state index in [1.54, 1.807) is 0 Å². The molecular formula is C11H18F3NO. The van der Waals surface area contributed by atoms with E-state index in [0.717, 1.165) is 12.8 Å². The highest BCUT2D eigenvalue weighted by atomic mass is 19.4. The molecule has 0 spiro atoms. The Labute approximate surface area is 93.4 Å². The van der Waals surface area contributed by atoms with Crippen LogP contribution in [0.3, 0.4) is 0 Å². The summed E-state index contributed by atoms with van der Waals surface area (Å²) in [6.45, 7) is 2.40. The minimum Gasteiger partial charge on any atom is -0.388 e. The minimum atomic E-state index is -4.16.